The van der Waals surface area contributed by atoms with Gasteiger partial charge in [-0.05, 0) is 61.4 Å². The molecule has 2 aromatic carbocycles. The minimum atomic E-state index is 0.686. The van der Waals surface area contributed by atoms with E-state index >= 15 is 0 Å². The fraction of sp³-hybridized carbons (Fsp3) is 0.143. The molecular formula is C21H20N4. The summed E-state index contributed by atoms with van der Waals surface area (Å²) in [6.45, 7) is 3.96. The molecule has 0 fully saturated rings. The van der Waals surface area contributed by atoms with E-state index in [4.69, 9.17) is 11.5 Å². The van der Waals surface area contributed by atoms with E-state index in [9.17, 15) is 0 Å². The first-order chi connectivity index (χ1) is 12.0. The van der Waals surface area contributed by atoms with Crippen molar-refractivity contribution in [3.05, 3.63) is 71.0 Å². The van der Waals surface area contributed by atoms with Gasteiger partial charge in [-0.25, -0.2) is 0 Å². The minimum Gasteiger partial charge on any atom is -0.398 e. The Labute approximate surface area is 146 Å². The molecule has 0 unspecified atom stereocenters. The number of nitrogens with two attached hydrogens (primary N) is 2. The van der Waals surface area contributed by atoms with Crippen LogP contribution in [0.1, 0.15) is 22.5 Å². The quantitative estimate of drug-likeness (QED) is 0.542. The second kappa shape index (κ2) is 5.74. The smallest absolute Gasteiger partial charge is 0.0726 e. The molecule has 0 atom stereocenters. The number of aryl methyl sites for hydroxylation is 2. The lowest BCUT2D eigenvalue weighted by Gasteiger charge is -2.12. The number of benzene rings is 2. The maximum atomic E-state index is 6.41. The van der Waals surface area contributed by atoms with Gasteiger partial charge in [-0.2, -0.15) is 0 Å². The highest BCUT2D eigenvalue weighted by Gasteiger charge is 2.10. The molecule has 4 nitrogen and oxygen atoms in total. The largest absolute Gasteiger partial charge is 0.398 e. The third kappa shape index (κ3) is 2.66. The fourth-order valence-electron chi connectivity index (χ4n) is 3.26. The molecule has 2 aromatic heterocycles. The number of nitrogen functional groups attached to an aromatic ring is 2. The van der Waals surface area contributed by atoms with Gasteiger partial charge in [-0.1, -0.05) is 12.1 Å². The van der Waals surface area contributed by atoms with Gasteiger partial charge in [-0.15, -0.1) is 0 Å². The molecule has 0 aliphatic carbocycles. The number of aromatic nitrogens is 2. The van der Waals surface area contributed by atoms with Crippen molar-refractivity contribution in [3.8, 4) is 0 Å². The Kier molecular flexibility index (Phi) is 3.53. The van der Waals surface area contributed by atoms with Gasteiger partial charge in [0.2, 0.25) is 0 Å². The Morgan fingerprint density at radius 3 is 1.52 bits per heavy atom. The van der Waals surface area contributed by atoms with Crippen LogP contribution in [-0.4, -0.2) is 9.97 Å². The summed E-state index contributed by atoms with van der Waals surface area (Å²) in [5.74, 6) is 0. The van der Waals surface area contributed by atoms with Gasteiger partial charge in [0.25, 0.3) is 0 Å². The lowest BCUT2D eigenvalue weighted by Crippen LogP contribution is -2.01. The first-order valence-electron chi connectivity index (χ1n) is 8.32. The van der Waals surface area contributed by atoms with Crippen molar-refractivity contribution in [1.82, 2.24) is 9.97 Å². The maximum Gasteiger partial charge on any atom is 0.0726 e. The lowest BCUT2D eigenvalue weighted by atomic mass is 9.97. The topological polar surface area (TPSA) is 77.8 Å². The molecule has 0 radical (unpaired) electrons. The normalized spacial score (nSPS) is 11.3. The van der Waals surface area contributed by atoms with E-state index in [2.05, 4.69) is 9.97 Å². The number of hydrogen-bond acceptors (Lipinski definition) is 4. The van der Waals surface area contributed by atoms with Crippen molar-refractivity contribution in [3.63, 3.8) is 0 Å². The van der Waals surface area contributed by atoms with Crippen molar-refractivity contribution in [2.45, 2.75) is 20.3 Å². The lowest BCUT2D eigenvalue weighted by molar-refractivity contribution is 1.20. The summed E-state index contributed by atoms with van der Waals surface area (Å²) in [4.78, 5) is 9.08. The molecule has 0 aliphatic heterocycles. The molecule has 2 heterocycles. The molecule has 4 N–H and O–H groups in total. The Bertz CT molecular complexity index is 1030. The van der Waals surface area contributed by atoms with E-state index in [1.165, 1.54) is 0 Å². The second-order valence-corrected chi connectivity index (χ2v) is 6.49. The monoisotopic (exact) mass is 328 g/mol. The van der Waals surface area contributed by atoms with E-state index in [0.717, 1.165) is 55.7 Å². The Balaban J connectivity index is 1.80. The number of anilines is 2. The zero-order chi connectivity index (χ0) is 17.6. The molecule has 0 saturated heterocycles. The molecule has 0 spiro atoms. The molecule has 124 valence electrons. The Hall–Kier alpha value is -3.14. The van der Waals surface area contributed by atoms with Crippen molar-refractivity contribution < 1.29 is 0 Å². The van der Waals surface area contributed by atoms with E-state index in [0.29, 0.717) is 6.42 Å². The van der Waals surface area contributed by atoms with Crippen LogP contribution in [0, 0.1) is 13.8 Å². The third-order valence-corrected chi connectivity index (χ3v) is 4.67. The fourth-order valence-corrected chi connectivity index (χ4v) is 3.26. The summed E-state index contributed by atoms with van der Waals surface area (Å²) in [6.07, 6.45) is 0.686. The van der Waals surface area contributed by atoms with Crippen molar-refractivity contribution in [2.75, 3.05) is 11.5 Å². The van der Waals surface area contributed by atoms with Crippen LogP contribution in [0.5, 0.6) is 0 Å². The average molecular weight is 328 g/mol. The number of fused-ring (bicyclic) bond motifs is 2. The molecular weight excluding hydrogens is 308 g/mol. The van der Waals surface area contributed by atoms with Gasteiger partial charge in [0.1, 0.15) is 0 Å². The third-order valence-electron chi connectivity index (χ3n) is 4.67. The maximum absolute atomic E-state index is 6.41. The average Bonchev–Trinajstić information content (AvgIpc) is 2.59. The number of nitrogens with zero attached hydrogens (tertiary/aromatic N) is 2. The van der Waals surface area contributed by atoms with Gasteiger partial charge >= 0.3 is 0 Å². The summed E-state index contributed by atoms with van der Waals surface area (Å²) < 4.78 is 0. The van der Waals surface area contributed by atoms with Crippen LogP contribution in [0.3, 0.4) is 0 Å². The highest BCUT2D eigenvalue weighted by Crippen LogP contribution is 2.30. The van der Waals surface area contributed by atoms with E-state index in [1.54, 1.807) is 0 Å². The van der Waals surface area contributed by atoms with Gasteiger partial charge in [0, 0.05) is 40.0 Å². The van der Waals surface area contributed by atoms with E-state index in [-0.39, 0.29) is 0 Å². The van der Waals surface area contributed by atoms with Gasteiger partial charge in [-0.3, -0.25) is 9.97 Å². The van der Waals surface area contributed by atoms with Crippen LogP contribution in [0.2, 0.25) is 0 Å². The highest BCUT2D eigenvalue weighted by molar-refractivity contribution is 5.94. The van der Waals surface area contributed by atoms with Gasteiger partial charge < -0.3 is 11.5 Å². The van der Waals surface area contributed by atoms with Crippen LogP contribution in [0.15, 0.2) is 48.5 Å². The van der Waals surface area contributed by atoms with Crippen LogP contribution in [0.25, 0.3) is 21.8 Å². The zero-order valence-corrected chi connectivity index (χ0v) is 14.4. The Morgan fingerprint density at radius 2 is 1.08 bits per heavy atom. The standard InChI is InChI=1S/C21H20N4/c1-12-3-7-16-18(24-12)9-5-14(20(16)22)11-15-6-10-19-17(21(15)23)8-4-13(2)25-19/h3-10H,11,22-23H2,1-2H3. The molecule has 4 heteroatoms. The minimum absolute atomic E-state index is 0.686. The van der Waals surface area contributed by atoms with Crippen molar-refractivity contribution in [2.24, 2.45) is 0 Å². The SMILES string of the molecule is Cc1ccc2c(N)c(Cc3ccc4nc(C)ccc4c3N)ccc2n1. The highest BCUT2D eigenvalue weighted by atomic mass is 14.7. The predicted molar refractivity (Wildman–Crippen MR) is 105 cm³/mol. The number of pyridine rings is 2. The number of hydrogen-bond donors (Lipinski definition) is 2. The molecule has 25 heavy (non-hydrogen) atoms. The first-order valence-corrected chi connectivity index (χ1v) is 8.32. The summed E-state index contributed by atoms with van der Waals surface area (Å²) in [7, 11) is 0. The summed E-state index contributed by atoms with van der Waals surface area (Å²) in [5.41, 5.74) is 20.3. The molecule has 0 aliphatic rings. The molecule has 0 amide bonds. The first kappa shape index (κ1) is 15.4. The van der Waals surface area contributed by atoms with Gasteiger partial charge in [0.05, 0.1) is 11.0 Å². The second-order valence-electron chi connectivity index (χ2n) is 6.49. The summed E-state index contributed by atoms with van der Waals surface area (Å²) in [6, 6.07) is 16.2. The van der Waals surface area contributed by atoms with E-state index < -0.39 is 0 Å². The van der Waals surface area contributed by atoms with Crippen molar-refractivity contribution in [1.29, 1.82) is 0 Å². The zero-order valence-electron chi connectivity index (χ0n) is 14.4. The van der Waals surface area contributed by atoms with Crippen LogP contribution < -0.4 is 11.5 Å². The summed E-state index contributed by atoms with van der Waals surface area (Å²) in [5, 5.41) is 1.97. The van der Waals surface area contributed by atoms with Crippen LogP contribution in [0.4, 0.5) is 11.4 Å². The Morgan fingerprint density at radius 1 is 0.640 bits per heavy atom. The molecule has 4 rings (SSSR count). The molecule has 0 bridgehead atoms. The molecule has 0 saturated carbocycles. The van der Waals surface area contributed by atoms with Gasteiger partial charge in [0.15, 0.2) is 0 Å². The number of rotatable bonds is 2. The predicted octanol–water partition coefficient (Wildman–Crippen LogP) is 4.16. The van der Waals surface area contributed by atoms with Crippen LogP contribution >= 0.6 is 0 Å². The summed E-state index contributed by atoms with van der Waals surface area (Å²) >= 11 is 0. The van der Waals surface area contributed by atoms with Crippen LogP contribution in [-0.2, 0) is 6.42 Å². The van der Waals surface area contributed by atoms with Crippen molar-refractivity contribution >= 4 is 33.2 Å². The van der Waals surface area contributed by atoms with E-state index in [1.807, 2.05) is 62.4 Å². The molecule has 4 aromatic rings.